The van der Waals surface area contributed by atoms with Crippen LogP contribution < -0.4 is 14.9 Å². The van der Waals surface area contributed by atoms with Gasteiger partial charge in [-0.3, -0.25) is 14.5 Å². The van der Waals surface area contributed by atoms with E-state index in [4.69, 9.17) is 4.84 Å². The summed E-state index contributed by atoms with van der Waals surface area (Å²) in [4.78, 5) is 24.0. The first-order valence-electron chi connectivity index (χ1n) is 9.92. The molecule has 2 unspecified atom stereocenters. The average molecular weight is 406 g/mol. The number of alkyl halides is 2. The highest BCUT2D eigenvalue weighted by Crippen LogP contribution is 2.40. The summed E-state index contributed by atoms with van der Waals surface area (Å²) in [6.45, 7) is 2.95. The number of halogens is 2. The van der Waals surface area contributed by atoms with Gasteiger partial charge in [-0.2, -0.15) is 0 Å². The van der Waals surface area contributed by atoms with Gasteiger partial charge in [-0.25, -0.2) is 13.8 Å². The molecule has 1 N–H and O–H groups in total. The van der Waals surface area contributed by atoms with Crippen LogP contribution in [0.1, 0.15) is 37.1 Å². The number of hydrogen-bond donors (Lipinski definition) is 1. The zero-order valence-electron chi connectivity index (χ0n) is 16.6. The van der Waals surface area contributed by atoms with E-state index in [0.717, 1.165) is 25.2 Å². The first-order chi connectivity index (χ1) is 13.9. The highest BCUT2D eigenvalue weighted by atomic mass is 19.3. The SMILES string of the molecule is CO[n+]1ccc(C2CN(C(C)C(=O)Nc3cn4c(n3)CCC4)CCC2(F)F)cc1. The molecule has 2 aromatic heterocycles. The van der Waals surface area contributed by atoms with Gasteiger partial charge in [-0.15, -0.1) is 0 Å². The number of nitrogens with one attached hydrogen (secondary N) is 1. The lowest BCUT2D eigenvalue weighted by molar-refractivity contribution is -0.885. The van der Waals surface area contributed by atoms with Crippen LogP contribution in [0.4, 0.5) is 14.6 Å². The average Bonchev–Trinajstić information content (AvgIpc) is 3.29. The van der Waals surface area contributed by atoms with Crippen molar-refractivity contribution < 1.29 is 23.1 Å². The largest absolute Gasteiger partial charge is 0.333 e. The summed E-state index contributed by atoms with van der Waals surface area (Å²) >= 11 is 0. The van der Waals surface area contributed by atoms with E-state index < -0.39 is 17.9 Å². The van der Waals surface area contributed by atoms with Crippen molar-refractivity contribution in [1.82, 2.24) is 14.5 Å². The topological polar surface area (TPSA) is 63.3 Å². The molecule has 0 bridgehead atoms. The van der Waals surface area contributed by atoms with Gasteiger partial charge in [0.1, 0.15) is 12.9 Å². The Kier molecular flexibility index (Phi) is 5.24. The minimum atomic E-state index is -2.82. The number of nitrogens with zero attached hydrogens (tertiary/aromatic N) is 4. The van der Waals surface area contributed by atoms with Gasteiger partial charge in [0.25, 0.3) is 5.92 Å². The van der Waals surface area contributed by atoms with Crippen molar-refractivity contribution in [3.8, 4) is 0 Å². The standard InChI is InChI=1S/C20H25F2N5O2/c1-14(19(28)24-17-13-26-8-3-4-18(26)23-17)25-11-7-20(21,22)16(12-25)15-5-9-27(29-2)10-6-15/h5-6,9-10,13-14,16H,3-4,7-8,11-12H2,1-2H3/p+1. The van der Waals surface area contributed by atoms with Crippen LogP contribution in [-0.4, -0.2) is 52.5 Å². The first-order valence-corrected chi connectivity index (χ1v) is 9.92. The predicted molar refractivity (Wildman–Crippen MR) is 102 cm³/mol. The van der Waals surface area contributed by atoms with Crippen molar-refractivity contribution in [2.45, 2.75) is 50.6 Å². The molecule has 2 atom stereocenters. The summed E-state index contributed by atoms with van der Waals surface area (Å²) in [6, 6.07) is 2.75. The second-order valence-electron chi connectivity index (χ2n) is 7.74. The number of imidazole rings is 1. The number of piperidine rings is 1. The third kappa shape index (κ3) is 3.96. The van der Waals surface area contributed by atoms with E-state index in [1.165, 1.54) is 11.8 Å². The summed E-state index contributed by atoms with van der Waals surface area (Å²) in [5, 5.41) is 2.84. The molecule has 0 radical (unpaired) electrons. The van der Waals surface area contributed by atoms with Gasteiger partial charge in [0.05, 0.1) is 12.0 Å². The van der Waals surface area contributed by atoms with Crippen molar-refractivity contribution in [2.24, 2.45) is 0 Å². The molecular weight excluding hydrogens is 380 g/mol. The van der Waals surface area contributed by atoms with Gasteiger partial charge in [0.15, 0.2) is 5.82 Å². The number of aromatic nitrogens is 3. The Labute approximate surface area is 168 Å². The summed E-state index contributed by atoms with van der Waals surface area (Å²) in [5.41, 5.74) is 0.533. The van der Waals surface area contributed by atoms with Gasteiger partial charge < -0.3 is 9.88 Å². The molecule has 156 valence electrons. The van der Waals surface area contributed by atoms with Crippen molar-refractivity contribution >= 4 is 11.7 Å². The van der Waals surface area contributed by atoms with E-state index in [9.17, 15) is 13.6 Å². The van der Waals surface area contributed by atoms with Crippen molar-refractivity contribution in [3.05, 3.63) is 42.1 Å². The third-order valence-electron chi connectivity index (χ3n) is 5.94. The number of pyridine rings is 1. The number of fused-ring (bicyclic) bond motifs is 1. The van der Waals surface area contributed by atoms with Crippen LogP contribution >= 0.6 is 0 Å². The second-order valence-corrected chi connectivity index (χ2v) is 7.74. The van der Waals surface area contributed by atoms with Gasteiger partial charge in [-0.1, -0.05) is 0 Å². The number of carbonyl (C=O) groups excluding carboxylic acids is 1. The van der Waals surface area contributed by atoms with Crippen molar-refractivity contribution in [2.75, 3.05) is 25.5 Å². The Morgan fingerprint density at radius 3 is 2.83 bits per heavy atom. The monoisotopic (exact) mass is 406 g/mol. The van der Waals surface area contributed by atoms with Crippen LogP contribution in [0.3, 0.4) is 0 Å². The quantitative estimate of drug-likeness (QED) is 0.767. The third-order valence-corrected chi connectivity index (χ3v) is 5.94. The molecule has 1 saturated heterocycles. The Bertz CT molecular complexity index is 862. The molecule has 1 fully saturated rings. The highest BCUT2D eigenvalue weighted by molar-refractivity contribution is 5.93. The number of anilines is 1. The summed E-state index contributed by atoms with van der Waals surface area (Å²) in [7, 11) is 1.51. The summed E-state index contributed by atoms with van der Waals surface area (Å²) < 4.78 is 32.8. The number of amides is 1. The van der Waals surface area contributed by atoms with E-state index in [1.807, 2.05) is 15.7 Å². The fraction of sp³-hybridized carbons (Fsp3) is 0.550. The molecular formula is C20H26F2N5O2+. The number of rotatable bonds is 5. The smallest absolute Gasteiger partial charge is 0.257 e. The van der Waals surface area contributed by atoms with Gasteiger partial charge in [0.2, 0.25) is 18.3 Å². The van der Waals surface area contributed by atoms with E-state index in [2.05, 4.69) is 10.3 Å². The lowest BCUT2D eigenvalue weighted by Gasteiger charge is -2.40. The van der Waals surface area contributed by atoms with Crippen LogP contribution in [0.5, 0.6) is 0 Å². The molecule has 0 spiro atoms. The number of likely N-dealkylation sites (tertiary alicyclic amines) is 1. The van der Waals surface area contributed by atoms with Crippen LogP contribution in [-0.2, 0) is 17.8 Å². The number of aryl methyl sites for hydroxylation is 2. The van der Waals surface area contributed by atoms with Crippen LogP contribution in [0.25, 0.3) is 0 Å². The van der Waals surface area contributed by atoms with Crippen molar-refractivity contribution in [3.63, 3.8) is 0 Å². The molecule has 2 aromatic rings. The lowest BCUT2D eigenvalue weighted by atomic mass is 9.87. The van der Waals surface area contributed by atoms with Gasteiger partial charge >= 0.3 is 0 Å². The van der Waals surface area contributed by atoms with Crippen molar-refractivity contribution in [1.29, 1.82) is 0 Å². The fourth-order valence-corrected chi connectivity index (χ4v) is 4.12. The zero-order valence-corrected chi connectivity index (χ0v) is 16.6. The Hall–Kier alpha value is -2.55. The highest BCUT2D eigenvalue weighted by Gasteiger charge is 2.46. The maximum absolute atomic E-state index is 14.6. The maximum atomic E-state index is 14.6. The molecule has 4 rings (SSSR count). The van der Waals surface area contributed by atoms with E-state index >= 15 is 0 Å². The van der Waals surface area contributed by atoms with Crippen LogP contribution in [0.15, 0.2) is 30.7 Å². The maximum Gasteiger partial charge on any atom is 0.257 e. The molecule has 2 aliphatic heterocycles. The molecule has 1 amide bonds. The second kappa shape index (κ2) is 7.70. The fourth-order valence-electron chi connectivity index (χ4n) is 4.12. The van der Waals surface area contributed by atoms with Crippen LogP contribution in [0, 0.1) is 0 Å². The molecule has 7 nitrogen and oxygen atoms in total. The minimum absolute atomic E-state index is 0.109. The van der Waals surface area contributed by atoms with E-state index in [1.54, 1.807) is 31.5 Å². The molecule has 0 aliphatic carbocycles. The molecule has 0 saturated carbocycles. The zero-order chi connectivity index (χ0) is 20.6. The summed E-state index contributed by atoms with van der Waals surface area (Å²) in [6.07, 6.45) is 6.76. The predicted octanol–water partition coefficient (Wildman–Crippen LogP) is 1.63. The minimum Gasteiger partial charge on any atom is -0.333 e. The molecule has 0 aromatic carbocycles. The van der Waals surface area contributed by atoms with E-state index in [0.29, 0.717) is 11.4 Å². The van der Waals surface area contributed by atoms with Gasteiger partial charge in [-0.05, 0) is 18.9 Å². The normalized spacial score (nSPS) is 22.1. The molecule has 4 heterocycles. The lowest BCUT2D eigenvalue weighted by Crippen LogP contribution is -2.52. The Balaban J connectivity index is 1.44. The molecule has 29 heavy (non-hydrogen) atoms. The van der Waals surface area contributed by atoms with Crippen LogP contribution in [0.2, 0.25) is 0 Å². The number of hydrogen-bond acceptors (Lipinski definition) is 4. The number of carbonyl (C=O) groups is 1. The molecule has 9 heteroatoms. The van der Waals surface area contributed by atoms with Gasteiger partial charge in [0, 0.05) is 55.5 Å². The Morgan fingerprint density at radius 2 is 2.14 bits per heavy atom. The Morgan fingerprint density at radius 1 is 1.38 bits per heavy atom. The molecule has 2 aliphatic rings. The summed E-state index contributed by atoms with van der Waals surface area (Å²) in [5.74, 6) is -2.52. The van der Waals surface area contributed by atoms with E-state index in [-0.39, 0.29) is 25.4 Å². The first kappa shape index (κ1) is 19.8.